The Kier molecular flexibility index (Phi) is 3.01. The van der Waals surface area contributed by atoms with Crippen molar-refractivity contribution >= 4 is 11.9 Å². The molecular weight excluding hydrogens is 206 g/mol. The third kappa shape index (κ3) is 2.46. The lowest BCUT2D eigenvalue weighted by molar-refractivity contribution is -0.167. The highest BCUT2D eigenvalue weighted by Gasteiger charge is 2.24. The Morgan fingerprint density at radius 1 is 1.19 bits per heavy atom. The van der Waals surface area contributed by atoms with Crippen LogP contribution in [0, 0.1) is 6.92 Å². The number of hydrogen-bond acceptors (Lipinski definition) is 4. The van der Waals surface area contributed by atoms with Gasteiger partial charge in [-0.05, 0) is 18.1 Å². The van der Waals surface area contributed by atoms with Gasteiger partial charge in [-0.15, -0.1) is 0 Å². The molecule has 0 bridgehead atoms. The van der Waals surface area contributed by atoms with E-state index >= 15 is 0 Å². The number of benzene rings is 1. The lowest BCUT2D eigenvalue weighted by Crippen LogP contribution is -2.42. The van der Waals surface area contributed by atoms with Gasteiger partial charge in [0.25, 0.3) is 0 Å². The highest BCUT2D eigenvalue weighted by Crippen LogP contribution is 2.12. The fourth-order valence-corrected chi connectivity index (χ4v) is 1.75. The highest BCUT2D eigenvalue weighted by molar-refractivity contribution is 5.90. The van der Waals surface area contributed by atoms with Crippen LogP contribution in [0.15, 0.2) is 24.3 Å². The first-order chi connectivity index (χ1) is 7.65. The summed E-state index contributed by atoms with van der Waals surface area (Å²) in [5, 5.41) is 0. The second kappa shape index (κ2) is 4.45. The van der Waals surface area contributed by atoms with Crippen LogP contribution in [0.4, 0.5) is 0 Å². The molecule has 4 nitrogen and oxygen atoms in total. The fraction of sp³-hybridized carbons (Fsp3) is 0.333. The van der Waals surface area contributed by atoms with Crippen LogP contribution >= 0.6 is 0 Å². The molecule has 0 saturated carbocycles. The van der Waals surface area contributed by atoms with Crippen LogP contribution in [0.2, 0.25) is 0 Å². The number of cyclic esters (lactones) is 2. The fourth-order valence-electron chi connectivity index (χ4n) is 1.75. The number of nitrogens with zero attached hydrogens (tertiary/aromatic N) is 1. The molecule has 1 heterocycles. The molecule has 2 rings (SSSR count). The number of esters is 2. The maximum absolute atomic E-state index is 11.1. The molecule has 0 N–H and O–H groups in total. The molecule has 1 saturated heterocycles. The highest BCUT2D eigenvalue weighted by atomic mass is 16.6. The van der Waals surface area contributed by atoms with Crippen molar-refractivity contribution < 1.29 is 14.3 Å². The third-order valence-electron chi connectivity index (χ3n) is 2.59. The van der Waals surface area contributed by atoms with Crippen molar-refractivity contribution in [2.24, 2.45) is 0 Å². The molecule has 0 spiro atoms. The summed E-state index contributed by atoms with van der Waals surface area (Å²) < 4.78 is 4.46. The molecule has 1 aliphatic rings. The van der Waals surface area contributed by atoms with Crippen molar-refractivity contribution in [2.75, 3.05) is 13.1 Å². The van der Waals surface area contributed by atoms with E-state index in [4.69, 9.17) is 0 Å². The molecule has 1 fully saturated rings. The largest absolute Gasteiger partial charge is 0.391 e. The van der Waals surface area contributed by atoms with Crippen LogP contribution < -0.4 is 0 Å². The molecule has 0 aliphatic carbocycles. The minimum atomic E-state index is -0.468. The maximum atomic E-state index is 11.1. The van der Waals surface area contributed by atoms with Gasteiger partial charge in [0.15, 0.2) is 0 Å². The Labute approximate surface area is 93.8 Å². The Morgan fingerprint density at radius 3 is 2.44 bits per heavy atom. The molecule has 1 aliphatic heterocycles. The van der Waals surface area contributed by atoms with Gasteiger partial charge in [-0.25, -0.2) is 0 Å². The van der Waals surface area contributed by atoms with Crippen LogP contribution in [0.25, 0.3) is 0 Å². The normalized spacial score (nSPS) is 17.3. The summed E-state index contributed by atoms with van der Waals surface area (Å²) in [7, 11) is 0. The summed E-state index contributed by atoms with van der Waals surface area (Å²) in [6.45, 7) is 2.98. The summed E-state index contributed by atoms with van der Waals surface area (Å²) in [5.74, 6) is -0.935. The van der Waals surface area contributed by atoms with Crippen molar-refractivity contribution in [3.05, 3.63) is 35.4 Å². The SMILES string of the molecule is Cc1ccccc1CN1CC(=O)OC(=O)C1. The smallest absolute Gasteiger partial charge is 0.327 e. The predicted octanol–water partition coefficient (Wildman–Crippen LogP) is 0.880. The van der Waals surface area contributed by atoms with Gasteiger partial charge in [0.2, 0.25) is 0 Å². The quantitative estimate of drug-likeness (QED) is 0.547. The minimum Gasteiger partial charge on any atom is -0.391 e. The van der Waals surface area contributed by atoms with Crippen molar-refractivity contribution in [2.45, 2.75) is 13.5 Å². The third-order valence-corrected chi connectivity index (χ3v) is 2.59. The first-order valence-electron chi connectivity index (χ1n) is 5.15. The van der Waals surface area contributed by atoms with E-state index in [1.807, 2.05) is 31.2 Å². The van der Waals surface area contributed by atoms with Gasteiger partial charge in [0.1, 0.15) is 0 Å². The molecule has 1 aromatic rings. The zero-order valence-electron chi connectivity index (χ0n) is 9.10. The van der Waals surface area contributed by atoms with E-state index in [-0.39, 0.29) is 13.1 Å². The zero-order valence-corrected chi connectivity index (χ0v) is 9.10. The monoisotopic (exact) mass is 219 g/mol. The zero-order chi connectivity index (χ0) is 11.5. The second-order valence-corrected chi connectivity index (χ2v) is 3.92. The Hall–Kier alpha value is -1.68. The van der Waals surface area contributed by atoms with E-state index in [9.17, 15) is 9.59 Å². The maximum Gasteiger partial charge on any atom is 0.327 e. The summed E-state index contributed by atoms with van der Waals surface area (Å²) in [5.41, 5.74) is 2.29. The van der Waals surface area contributed by atoms with Gasteiger partial charge < -0.3 is 4.74 Å². The first kappa shape index (κ1) is 10.8. The van der Waals surface area contributed by atoms with E-state index in [1.165, 1.54) is 0 Å². The van der Waals surface area contributed by atoms with Crippen LogP contribution in [-0.4, -0.2) is 29.9 Å². The van der Waals surface area contributed by atoms with Gasteiger partial charge in [-0.3, -0.25) is 14.5 Å². The predicted molar refractivity (Wildman–Crippen MR) is 57.6 cm³/mol. The molecule has 4 heteroatoms. The summed E-state index contributed by atoms with van der Waals surface area (Å²) in [6.07, 6.45) is 0. The summed E-state index contributed by atoms with van der Waals surface area (Å²) >= 11 is 0. The Morgan fingerprint density at radius 2 is 1.81 bits per heavy atom. The van der Waals surface area contributed by atoms with Crippen LogP contribution in [0.5, 0.6) is 0 Å². The van der Waals surface area contributed by atoms with Crippen LogP contribution in [0.1, 0.15) is 11.1 Å². The number of carbonyl (C=O) groups is 2. The molecular formula is C12H13NO3. The van der Waals surface area contributed by atoms with Crippen molar-refractivity contribution in [1.82, 2.24) is 4.90 Å². The van der Waals surface area contributed by atoms with Gasteiger partial charge in [-0.1, -0.05) is 24.3 Å². The van der Waals surface area contributed by atoms with Crippen molar-refractivity contribution in [3.8, 4) is 0 Å². The van der Waals surface area contributed by atoms with Crippen LogP contribution in [-0.2, 0) is 20.9 Å². The second-order valence-electron chi connectivity index (χ2n) is 3.92. The van der Waals surface area contributed by atoms with Gasteiger partial charge in [0.05, 0.1) is 13.1 Å². The Balaban J connectivity index is 2.07. The number of hydrogen-bond donors (Lipinski definition) is 0. The standard InChI is InChI=1S/C12H13NO3/c1-9-4-2-3-5-10(9)6-13-7-11(14)16-12(15)8-13/h2-5H,6-8H2,1H3. The molecule has 1 aromatic carbocycles. The van der Waals surface area contributed by atoms with Gasteiger partial charge in [0, 0.05) is 6.54 Å². The number of morpholine rings is 1. The Bertz CT molecular complexity index is 412. The molecule has 0 atom stereocenters. The first-order valence-corrected chi connectivity index (χ1v) is 5.15. The lowest BCUT2D eigenvalue weighted by atomic mass is 10.1. The molecule has 0 aromatic heterocycles. The molecule has 16 heavy (non-hydrogen) atoms. The minimum absolute atomic E-state index is 0.181. The van der Waals surface area contributed by atoms with Gasteiger partial charge in [-0.2, -0.15) is 0 Å². The van der Waals surface area contributed by atoms with E-state index in [1.54, 1.807) is 4.90 Å². The van der Waals surface area contributed by atoms with E-state index in [0.29, 0.717) is 6.54 Å². The number of rotatable bonds is 2. The van der Waals surface area contributed by atoms with Crippen LogP contribution in [0.3, 0.4) is 0 Å². The van der Waals surface area contributed by atoms with Gasteiger partial charge >= 0.3 is 11.9 Å². The average Bonchev–Trinajstić information content (AvgIpc) is 2.20. The topological polar surface area (TPSA) is 46.6 Å². The number of aryl methyl sites for hydroxylation is 1. The van der Waals surface area contributed by atoms with E-state index < -0.39 is 11.9 Å². The summed E-state index contributed by atoms with van der Waals surface area (Å²) in [4.78, 5) is 23.9. The molecule has 0 amide bonds. The van der Waals surface area contributed by atoms with E-state index in [2.05, 4.69) is 4.74 Å². The van der Waals surface area contributed by atoms with Crippen molar-refractivity contribution in [3.63, 3.8) is 0 Å². The number of carbonyl (C=O) groups excluding carboxylic acids is 2. The summed E-state index contributed by atoms with van der Waals surface area (Å²) in [6, 6.07) is 7.93. The molecule has 0 unspecified atom stereocenters. The average molecular weight is 219 g/mol. The molecule has 0 radical (unpaired) electrons. The van der Waals surface area contributed by atoms with E-state index in [0.717, 1.165) is 11.1 Å². The lowest BCUT2D eigenvalue weighted by Gasteiger charge is -2.24. The molecule has 84 valence electrons. The van der Waals surface area contributed by atoms with Crippen molar-refractivity contribution in [1.29, 1.82) is 0 Å². The number of ether oxygens (including phenoxy) is 1.